The Bertz CT molecular complexity index is 1130. The molecule has 0 saturated heterocycles. The minimum Gasteiger partial charge on any atom is -0.489 e. The van der Waals surface area contributed by atoms with Crippen molar-refractivity contribution in [1.29, 1.82) is 0 Å². The third-order valence-electron chi connectivity index (χ3n) is 6.85. The highest BCUT2D eigenvalue weighted by Gasteiger charge is 2.24. The molecule has 0 spiro atoms. The van der Waals surface area contributed by atoms with Crippen molar-refractivity contribution in [2.45, 2.75) is 38.5 Å². The molecule has 4 aromatic carbocycles. The lowest BCUT2D eigenvalue weighted by molar-refractivity contribution is 0.352. The number of benzene rings is 4. The molecule has 0 aliphatic heterocycles. The van der Waals surface area contributed by atoms with Gasteiger partial charge in [-0.05, 0) is 22.3 Å². The highest BCUT2D eigenvalue weighted by molar-refractivity contribution is 5.54. The summed E-state index contributed by atoms with van der Waals surface area (Å²) in [5.74, 6) is 1.66. The Morgan fingerprint density at radius 2 is 0.971 bits per heavy atom. The summed E-state index contributed by atoms with van der Waals surface area (Å²) < 4.78 is 6.43. The maximum absolute atomic E-state index is 6.43. The molecule has 3 unspecified atom stereocenters. The predicted octanol–water partition coefficient (Wildman–Crippen LogP) is 8.71. The van der Waals surface area contributed by atoms with Gasteiger partial charge in [-0.2, -0.15) is 0 Å². The first-order valence-corrected chi connectivity index (χ1v) is 12.2. The molecule has 0 N–H and O–H groups in total. The molecule has 0 amide bonds. The molecule has 0 fully saturated rings. The van der Waals surface area contributed by atoms with Crippen molar-refractivity contribution >= 4 is 0 Å². The van der Waals surface area contributed by atoms with Crippen LogP contribution in [0.3, 0.4) is 0 Å². The fourth-order valence-corrected chi connectivity index (χ4v) is 4.68. The molecule has 0 aliphatic rings. The zero-order chi connectivity index (χ0) is 23.9. The summed E-state index contributed by atoms with van der Waals surface area (Å²) in [4.78, 5) is 0. The Kier molecular flexibility index (Phi) is 7.65. The molecule has 1 nitrogen and oxygen atoms in total. The van der Waals surface area contributed by atoms with Crippen LogP contribution in [0.4, 0.5) is 0 Å². The van der Waals surface area contributed by atoms with Gasteiger partial charge in [-0.15, -0.1) is 0 Å². The summed E-state index contributed by atoms with van der Waals surface area (Å²) in [5.41, 5.74) is 7.66. The first kappa shape index (κ1) is 23.6. The van der Waals surface area contributed by atoms with E-state index < -0.39 is 0 Å². The second kappa shape index (κ2) is 11.0. The van der Waals surface area contributed by atoms with Crippen molar-refractivity contribution in [3.8, 4) is 5.75 Å². The van der Waals surface area contributed by atoms with Gasteiger partial charge in [0.1, 0.15) is 12.4 Å². The Morgan fingerprint density at radius 1 is 0.588 bits per heavy atom. The number of hydrogen-bond acceptors (Lipinski definition) is 1. The van der Waals surface area contributed by atoms with Crippen LogP contribution in [0.15, 0.2) is 116 Å². The van der Waals surface area contributed by atoms with Crippen LogP contribution in [0.1, 0.15) is 71.9 Å². The van der Waals surface area contributed by atoms with E-state index in [1.807, 2.05) is 6.08 Å². The largest absolute Gasteiger partial charge is 0.489 e. The van der Waals surface area contributed by atoms with Gasteiger partial charge in [0.2, 0.25) is 0 Å². The lowest BCUT2D eigenvalue weighted by Gasteiger charge is -2.26. The molecule has 1 heteroatoms. The van der Waals surface area contributed by atoms with Crippen LogP contribution >= 0.6 is 0 Å². The van der Waals surface area contributed by atoms with Gasteiger partial charge in [0, 0.05) is 28.9 Å². The molecule has 0 aromatic heterocycles. The van der Waals surface area contributed by atoms with Crippen LogP contribution in [-0.2, 0) is 0 Å². The van der Waals surface area contributed by atoms with Crippen LogP contribution in [-0.4, -0.2) is 6.61 Å². The third kappa shape index (κ3) is 5.15. The fraction of sp³-hybridized carbons (Fsp3) is 0.212. The van der Waals surface area contributed by atoms with Gasteiger partial charge >= 0.3 is 0 Å². The van der Waals surface area contributed by atoms with Crippen LogP contribution < -0.4 is 4.74 Å². The van der Waals surface area contributed by atoms with Crippen molar-refractivity contribution in [2.24, 2.45) is 0 Å². The first-order chi connectivity index (χ1) is 16.6. The molecule has 0 aliphatic carbocycles. The minimum absolute atomic E-state index is 0.200. The highest BCUT2D eigenvalue weighted by Crippen LogP contribution is 2.42. The zero-order valence-electron chi connectivity index (χ0n) is 20.4. The number of hydrogen-bond donors (Lipinski definition) is 0. The van der Waals surface area contributed by atoms with E-state index >= 15 is 0 Å². The van der Waals surface area contributed by atoms with Gasteiger partial charge in [-0.3, -0.25) is 0 Å². The molecule has 4 aromatic rings. The molecule has 0 saturated carbocycles. The predicted molar refractivity (Wildman–Crippen MR) is 144 cm³/mol. The van der Waals surface area contributed by atoms with Crippen molar-refractivity contribution in [3.63, 3.8) is 0 Å². The van der Waals surface area contributed by atoms with Gasteiger partial charge < -0.3 is 4.74 Å². The van der Waals surface area contributed by atoms with Gasteiger partial charge in [0.05, 0.1) is 0 Å². The third-order valence-corrected chi connectivity index (χ3v) is 6.85. The Balaban J connectivity index is 1.92. The molecule has 3 atom stereocenters. The molecule has 34 heavy (non-hydrogen) atoms. The van der Waals surface area contributed by atoms with E-state index in [9.17, 15) is 0 Å². The fourth-order valence-electron chi connectivity index (χ4n) is 4.68. The second-order valence-corrected chi connectivity index (χ2v) is 9.03. The summed E-state index contributed by atoms with van der Waals surface area (Å²) >= 11 is 0. The molecule has 0 radical (unpaired) electrons. The van der Waals surface area contributed by atoms with Crippen LogP contribution in [0.5, 0.6) is 5.75 Å². The van der Waals surface area contributed by atoms with E-state index in [0.29, 0.717) is 6.61 Å². The van der Waals surface area contributed by atoms with E-state index in [2.05, 4.69) is 130 Å². The average Bonchev–Trinajstić information content (AvgIpc) is 2.91. The Morgan fingerprint density at radius 3 is 1.35 bits per heavy atom. The van der Waals surface area contributed by atoms with Gasteiger partial charge in [-0.1, -0.05) is 137 Å². The van der Waals surface area contributed by atoms with Crippen molar-refractivity contribution in [3.05, 3.63) is 149 Å². The smallest absolute Gasteiger partial charge is 0.127 e. The van der Waals surface area contributed by atoms with E-state index in [0.717, 1.165) is 5.75 Å². The molecular weight excluding hydrogens is 412 g/mol. The normalized spacial score (nSPS) is 13.6. The Hall–Kier alpha value is -3.58. The lowest BCUT2D eigenvalue weighted by Crippen LogP contribution is -2.10. The van der Waals surface area contributed by atoms with Crippen LogP contribution in [0.2, 0.25) is 0 Å². The van der Waals surface area contributed by atoms with E-state index in [-0.39, 0.29) is 17.8 Å². The standard InChI is InChI=1S/C33H34O/c1-5-21-34-33-31(25(3)28-17-11-7-12-18-28)22-30(24(2)27-15-9-6-10-16-27)23-32(33)26(4)29-19-13-8-14-20-29/h5-20,22-26H,1,21H2,2-4H3. The van der Waals surface area contributed by atoms with Crippen LogP contribution in [0, 0.1) is 0 Å². The summed E-state index contributed by atoms with van der Waals surface area (Å²) in [5, 5.41) is 0. The summed E-state index contributed by atoms with van der Waals surface area (Å²) in [6, 6.07) is 36.9. The number of rotatable bonds is 9. The average molecular weight is 447 g/mol. The molecule has 0 heterocycles. The van der Waals surface area contributed by atoms with Crippen molar-refractivity contribution in [1.82, 2.24) is 0 Å². The van der Waals surface area contributed by atoms with E-state index in [1.54, 1.807) is 0 Å². The van der Waals surface area contributed by atoms with Gasteiger partial charge in [0.15, 0.2) is 0 Å². The summed E-state index contributed by atoms with van der Waals surface area (Å²) in [7, 11) is 0. The first-order valence-electron chi connectivity index (χ1n) is 12.2. The highest BCUT2D eigenvalue weighted by atomic mass is 16.5. The maximum Gasteiger partial charge on any atom is 0.127 e. The number of ether oxygens (including phenoxy) is 1. The van der Waals surface area contributed by atoms with Gasteiger partial charge in [0.25, 0.3) is 0 Å². The monoisotopic (exact) mass is 446 g/mol. The van der Waals surface area contributed by atoms with Crippen molar-refractivity contribution < 1.29 is 4.74 Å². The van der Waals surface area contributed by atoms with Crippen molar-refractivity contribution in [2.75, 3.05) is 6.61 Å². The molecule has 0 bridgehead atoms. The van der Waals surface area contributed by atoms with E-state index in [1.165, 1.54) is 33.4 Å². The second-order valence-electron chi connectivity index (χ2n) is 9.03. The molecular formula is C33H34O. The minimum atomic E-state index is 0.200. The quantitative estimate of drug-likeness (QED) is 0.234. The zero-order valence-corrected chi connectivity index (χ0v) is 20.4. The molecule has 172 valence electrons. The van der Waals surface area contributed by atoms with Crippen LogP contribution in [0.25, 0.3) is 0 Å². The van der Waals surface area contributed by atoms with Gasteiger partial charge in [-0.25, -0.2) is 0 Å². The lowest BCUT2D eigenvalue weighted by atomic mass is 9.81. The van der Waals surface area contributed by atoms with E-state index in [4.69, 9.17) is 4.74 Å². The Labute approximate surface area is 204 Å². The summed E-state index contributed by atoms with van der Waals surface area (Å²) in [6.07, 6.45) is 1.83. The maximum atomic E-state index is 6.43. The topological polar surface area (TPSA) is 9.23 Å². The SMILES string of the molecule is C=CCOc1c(C(C)c2ccccc2)cc(C(C)c2ccccc2)cc1C(C)c1ccccc1. The molecule has 4 rings (SSSR count). The summed E-state index contributed by atoms with van der Waals surface area (Å²) in [6.45, 7) is 11.2.